The molecule has 1 unspecified atom stereocenters. The van der Waals surface area contributed by atoms with Crippen molar-refractivity contribution in [1.29, 1.82) is 0 Å². The average Bonchev–Trinajstić information content (AvgIpc) is 2.16. The second-order valence-corrected chi connectivity index (χ2v) is 3.93. The van der Waals surface area contributed by atoms with Crippen molar-refractivity contribution in [3.05, 3.63) is 0 Å². The number of hydrazine groups is 1. The second-order valence-electron chi connectivity index (χ2n) is 3.93. The Kier molecular flexibility index (Phi) is 3.04. The van der Waals surface area contributed by atoms with Crippen molar-refractivity contribution >= 4 is 17.7 Å². The zero-order valence-corrected chi connectivity index (χ0v) is 8.69. The predicted octanol–water partition coefficient (Wildman–Crippen LogP) is -1.53. The van der Waals surface area contributed by atoms with Gasteiger partial charge in [0.2, 0.25) is 0 Å². The first-order valence-corrected chi connectivity index (χ1v) is 5.23. The van der Waals surface area contributed by atoms with Gasteiger partial charge in [-0.05, 0) is 6.42 Å². The molecule has 1 atom stereocenters. The summed E-state index contributed by atoms with van der Waals surface area (Å²) < 4.78 is 0. The number of carbonyl (C=O) groups excluding carboxylic acids is 1. The number of nitrogens with one attached hydrogen (secondary N) is 3. The van der Waals surface area contributed by atoms with Gasteiger partial charge in [-0.15, -0.1) is 0 Å². The number of aliphatic imine (C=N–C) groups is 1. The molecule has 1 fully saturated rings. The molecule has 1 saturated heterocycles. The van der Waals surface area contributed by atoms with Gasteiger partial charge in [0, 0.05) is 25.4 Å². The number of hydrogen-bond donors (Lipinski definition) is 4. The fraction of sp³-hybridized carbons (Fsp3) is 0.667. The highest BCUT2D eigenvalue weighted by atomic mass is 16.4. The predicted molar refractivity (Wildman–Crippen MR) is 55.7 cm³/mol. The summed E-state index contributed by atoms with van der Waals surface area (Å²) >= 11 is 0. The average molecular weight is 226 g/mol. The molecule has 0 radical (unpaired) electrons. The van der Waals surface area contributed by atoms with E-state index in [1.165, 1.54) is 0 Å². The van der Waals surface area contributed by atoms with Crippen molar-refractivity contribution in [2.24, 2.45) is 10.9 Å². The largest absolute Gasteiger partial charge is 0.481 e. The fourth-order valence-corrected chi connectivity index (χ4v) is 1.61. The van der Waals surface area contributed by atoms with Gasteiger partial charge in [-0.1, -0.05) is 0 Å². The topological polar surface area (TPSA) is 103 Å². The molecule has 1 amide bonds. The maximum Gasteiger partial charge on any atom is 0.303 e. The molecular weight excluding hydrogens is 212 g/mol. The summed E-state index contributed by atoms with van der Waals surface area (Å²) in [5.41, 5.74) is 5.27. The zero-order chi connectivity index (χ0) is 11.5. The summed E-state index contributed by atoms with van der Waals surface area (Å²) in [5, 5.41) is 11.7. The Labute approximate surface area is 92.3 Å². The van der Waals surface area contributed by atoms with Crippen LogP contribution in [0, 0.1) is 5.92 Å². The number of amidine groups is 1. The lowest BCUT2D eigenvalue weighted by atomic mass is 10.0. The van der Waals surface area contributed by atoms with E-state index in [0.29, 0.717) is 5.92 Å². The minimum Gasteiger partial charge on any atom is -0.481 e. The van der Waals surface area contributed by atoms with Crippen LogP contribution >= 0.6 is 0 Å². The molecule has 16 heavy (non-hydrogen) atoms. The lowest BCUT2D eigenvalue weighted by Crippen LogP contribution is -2.59. The van der Waals surface area contributed by atoms with Crippen molar-refractivity contribution < 1.29 is 14.7 Å². The third kappa shape index (κ3) is 2.30. The van der Waals surface area contributed by atoms with Crippen molar-refractivity contribution in [3.63, 3.8) is 0 Å². The maximum absolute atomic E-state index is 11.4. The number of carboxylic acid groups (broad SMARTS) is 1. The molecule has 7 heteroatoms. The van der Waals surface area contributed by atoms with Gasteiger partial charge in [0.1, 0.15) is 11.9 Å². The van der Waals surface area contributed by atoms with Crippen LogP contribution in [0.4, 0.5) is 0 Å². The van der Waals surface area contributed by atoms with Gasteiger partial charge in [0.25, 0.3) is 5.91 Å². The van der Waals surface area contributed by atoms with Gasteiger partial charge in [-0.25, -0.2) is 0 Å². The van der Waals surface area contributed by atoms with Crippen LogP contribution in [0.1, 0.15) is 12.8 Å². The van der Waals surface area contributed by atoms with Crippen molar-refractivity contribution in [2.45, 2.75) is 18.9 Å². The summed E-state index contributed by atoms with van der Waals surface area (Å²) in [5.74, 6) is -0.132. The van der Waals surface area contributed by atoms with Crippen LogP contribution in [0.2, 0.25) is 0 Å². The second kappa shape index (κ2) is 4.48. The molecular formula is C9H14N4O3. The van der Waals surface area contributed by atoms with Crippen LogP contribution in [-0.4, -0.2) is 41.9 Å². The van der Waals surface area contributed by atoms with E-state index in [2.05, 4.69) is 21.2 Å². The van der Waals surface area contributed by atoms with Crippen LogP contribution in [0.25, 0.3) is 0 Å². The molecule has 0 aliphatic carbocycles. The highest BCUT2D eigenvalue weighted by Crippen LogP contribution is 2.11. The normalized spacial score (nSPS) is 25.1. The molecule has 2 heterocycles. The number of amides is 1. The van der Waals surface area contributed by atoms with Gasteiger partial charge in [0.15, 0.2) is 0 Å². The van der Waals surface area contributed by atoms with E-state index in [-0.39, 0.29) is 18.7 Å². The monoisotopic (exact) mass is 226 g/mol. The first-order valence-electron chi connectivity index (χ1n) is 5.23. The molecule has 0 aromatic rings. The lowest BCUT2D eigenvalue weighted by Gasteiger charge is -2.32. The Bertz CT molecular complexity index is 338. The van der Waals surface area contributed by atoms with Crippen LogP contribution in [0.5, 0.6) is 0 Å². The highest BCUT2D eigenvalue weighted by molar-refractivity contribution is 5.95. The molecule has 2 aliphatic rings. The third-order valence-corrected chi connectivity index (χ3v) is 2.71. The molecule has 2 aliphatic heterocycles. The molecule has 0 aromatic carbocycles. The Balaban J connectivity index is 1.97. The summed E-state index contributed by atoms with van der Waals surface area (Å²) in [6, 6.07) is -0.576. The van der Waals surface area contributed by atoms with Gasteiger partial charge in [-0.3, -0.25) is 25.4 Å². The van der Waals surface area contributed by atoms with Crippen molar-refractivity contribution in [2.75, 3.05) is 13.1 Å². The van der Waals surface area contributed by atoms with E-state index in [0.717, 1.165) is 18.9 Å². The first kappa shape index (κ1) is 10.9. The summed E-state index contributed by atoms with van der Waals surface area (Å²) in [4.78, 5) is 26.1. The van der Waals surface area contributed by atoms with Gasteiger partial charge in [0.05, 0.1) is 0 Å². The minimum absolute atomic E-state index is 0.0439. The number of aliphatic carboxylic acids is 1. The Hall–Kier alpha value is -1.63. The van der Waals surface area contributed by atoms with E-state index in [9.17, 15) is 9.59 Å². The van der Waals surface area contributed by atoms with Crippen molar-refractivity contribution in [1.82, 2.24) is 16.2 Å². The zero-order valence-electron chi connectivity index (χ0n) is 8.69. The molecule has 0 saturated carbocycles. The van der Waals surface area contributed by atoms with Crippen LogP contribution in [0.15, 0.2) is 4.99 Å². The summed E-state index contributed by atoms with van der Waals surface area (Å²) in [7, 11) is 0. The van der Waals surface area contributed by atoms with Gasteiger partial charge in [-0.2, -0.15) is 0 Å². The molecule has 88 valence electrons. The van der Waals surface area contributed by atoms with E-state index in [1.54, 1.807) is 0 Å². The van der Waals surface area contributed by atoms with Crippen LogP contribution in [-0.2, 0) is 9.59 Å². The maximum atomic E-state index is 11.4. The standard InChI is InChI=1S/C9H14N4O3/c14-7(15)2-1-6-9(16)13-12-8(11-6)5-3-10-4-5/h5-6,10H,1-4H2,(H,11,12)(H,13,16)(H,14,15). The summed E-state index contributed by atoms with van der Waals surface area (Å²) in [6.07, 6.45) is 0.199. The van der Waals surface area contributed by atoms with Gasteiger partial charge < -0.3 is 10.4 Å². The fourth-order valence-electron chi connectivity index (χ4n) is 1.61. The smallest absolute Gasteiger partial charge is 0.303 e. The molecule has 0 spiro atoms. The lowest BCUT2D eigenvalue weighted by molar-refractivity contribution is -0.137. The number of rotatable bonds is 4. The SMILES string of the molecule is O=C(O)CCC1N=C(C2CNC2)NNC1=O. The molecule has 0 aromatic heterocycles. The molecule has 0 bridgehead atoms. The van der Waals surface area contributed by atoms with E-state index in [1.807, 2.05) is 0 Å². The van der Waals surface area contributed by atoms with E-state index in [4.69, 9.17) is 5.11 Å². The molecule has 7 nitrogen and oxygen atoms in total. The highest BCUT2D eigenvalue weighted by Gasteiger charge is 2.30. The molecule has 2 rings (SSSR count). The Morgan fingerprint density at radius 3 is 2.75 bits per heavy atom. The van der Waals surface area contributed by atoms with Crippen molar-refractivity contribution in [3.8, 4) is 0 Å². The first-order chi connectivity index (χ1) is 7.66. The number of hydrogen-bond acceptors (Lipinski definition) is 5. The summed E-state index contributed by atoms with van der Waals surface area (Å²) in [6.45, 7) is 1.68. The third-order valence-electron chi connectivity index (χ3n) is 2.71. The number of nitrogens with zero attached hydrogens (tertiary/aromatic N) is 1. The van der Waals surface area contributed by atoms with E-state index >= 15 is 0 Å². The quantitative estimate of drug-likeness (QED) is 0.466. The molecule has 4 N–H and O–H groups in total. The van der Waals surface area contributed by atoms with Crippen LogP contribution < -0.4 is 16.2 Å². The van der Waals surface area contributed by atoms with Gasteiger partial charge >= 0.3 is 5.97 Å². The minimum atomic E-state index is -0.909. The van der Waals surface area contributed by atoms with E-state index < -0.39 is 12.0 Å². The van der Waals surface area contributed by atoms with Crippen LogP contribution in [0.3, 0.4) is 0 Å². The Morgan fingerprint density at radius 1 is 1.44 bits per heavy atom. The Morgan fingerprint density at radius 2 is 2.19 bits per heavy atom. The number of carbonyl (C=O) groups is 2. The number of carboxylic acids is 1.